The maximum atomic E-state index is 10.5. The van der Waals surface area contributed by atoms with E-state index in [2.05, 4.69) is 13.8 Å². The van der Waals surface area contributed by atoms with Crippen molar-refractivity contribution in [2.75, 3.05) is 0 Å². The van der Waals surface area contributed by atoms with Gasteiger partial charge in [0.25, 0.3) is 0 Å². The number of hydrogen-bond donors (Lipinski definition) is 3. The third-order valence-corrected chi connectivity index (χ3v) is 1.62. The number of aliphatic hydroxyl groups excluding tert-OH is 1. The van der Waals surface area contributed by atoms with Crippen molar-refractivity contribution in [3.05, 3.63) is 0 Å². The number of carbonyl (C=O) groups is 1. The molecule has 72 valence electrons. The molecule has 12 heavy (non-hydrogen) atoms. The quantitative estimate of drug-likeness (QED) is 0.425. The van der Waals surface area contributed by atoms with Gasteiger partial charge in [0.1, 0.15) is 0 Å². The van der Waals surface area contributed by atoms with E-state index in [0.29, 0.717) is 12.3 Å². The third-order valence-electron chi connectivity index (χ3n) is 1.62. The van der Waals surface area contributed by atoms with Crippen LogP contribution in [0.15, 0.2) is 0 Å². The molecule has 4 heteroatoms. The Labute approximate surface area is 72.5 Å². The second-order valence-electron chi connectivity index (χ2n) is 3.36. The van der Waals surface area contributed by atoms with Crippen molar-refractivity contribution in [2.45, 2.75) is 39.2 Å². The third kappa shape index (κ3) is 6.12. The minimum absolute atomic E-state index is 0.0246. The molecule has 0 aromatic heterocycles. The van der Waals surface area contributed by atoms with Crippen molar-refractivity contribution in [3.63, 3.8) is 0 Å². The van der Waals surface area contributed by atoms with E-state index in [4.69, 9.17) is 5.21 Å². The van der Waals surface area contributed by atoms with E-state index in [-0.39, 0.29) is 6.42 Å². The van der Waals surface area contributed by atoms with Gasteiger partial charge in [0, 0.05) is 0 Å². The lowest BCUT2D eigenvalue weighted by molar-refractivity contribution is -0.131. The smallest absolute Gasteiger partial charge is 0.245 e. The molecular formula is C8H17NO3. The number of amides is 1. The minimum Gasteiger partial charge on any atom is -0.393 e. The van der Waals surface area contributed by atoms with Crippen LogP contribution in [0.25, 0.3) is 0 Å². The molecular weight excluding hydrogens is 158 g/mol. The lowest BCUT2D eigenvalue weighted by atomic mass is 10.0. The first-order chi connectivity index (χ1) is 5.56. The summed E-state index contributed by atoms with van der Waals surface area (Å²) in [6, 6.07) is 0. The van der Waals surface area contributed by atoms with Crippen LogP contribution in [0.5, 0.6) is 0 Å². The summed E-state index contributed by atoms with van der Waals surface area (Å²) in [5, 5.41) is 17.4. The Bertz CT molecular complexity index is 136. The zero-order chi connectivity index (χ0) is 9.56. The monoisotopic (exact) mass is 175 g/mol. The predicted molar refractivity (Wildman–Crippen MR) is 44.6 cm³/mol. The summed E-state index contributed by atoms with van der Waals surface area (Å²) in [4.78, 5) is 10.5. The number of aliphatic hydroxyl groups is 1. The van der Waals surface area contributed by atoms with Crippen molar-refractivity contribution < 1.29 is 15.1 Å². The Hall–Kier alpha value is -0.610. The highest BCUT2D eigenvalue weighted by Crippen LogP contribution is 2.08. The van der Waals surface area contributed by atoms with Crippen LogP contribution >= 0.6 is 0 Å². The molecule has 0 radical (unpaired) electrons. The van der Waals surface area contributed by atoms with Gasteiger partial charge in [-0.05, 0) is 18.8 Å². The van der Waals surface area contributed by atoms with Gasteiger partial charge in [-0.15, -0.1) is 0 Å². The zero-order valence-electron chi connectivity index (χ0n) is 7.58. The molecule has 0 aliphatic carbocycles. The Morgan fingerprint density at radius 2 is 2.00 bits per heavy atom. The number of carbonyl (C=O) groups excluding carboxylic acids is 1. The lowest BCUT2D eigenvalue weighted by Gasteiger charge is -2.10. The van der Waals surface area contributed by atoms with Crippen molar-refractivity contribution in [1.82, 2.24) is 5.48 Å². The molecule has 0 spiro atoms. The van der Waals surface area contributed by atoms with Crippen molar-refractivity contribution >= 4 is 5.91 Å². The fourth-order valence-corrected chi connectivity index (χ4v) is 0.887. The molecule has 0 saturated carbocycles. The van der Waals surface area contributed by atoms with Gasteiger partial charge in [0.15, 0.2) is 0 Å². The van der Waals surface area contributed by atoms with E-state index in [9.17, 15) is 9.90 Å². The first-order valence-corrected chi connectivity index (χ1v) is 4.17. The Morgan fingerprint density at radius 1 is 1.42 bits per heavy atom. The van der Waals surface area contributed by atoms with Crippen LogP contribution in [0.4, 0.5) is 0 Å². The van der Waals surface area contributed by atoms with Gasteiger partial charge in [-0.25, -0.2) is 5.48 Å². The molecule has 0 bridgehead atoms. The molecule has 0 aliphatic heterocycles. The van der Waals surface area contributed by atoms with E-state index in [1.165, 1.54) is 5.48 Å². The molecule has 1 atom stereocenters. The molecule has 0 rings (SSSR count). The predicted octanol–water partition coefficient (Wildman–Crippen LogP) is 0.679. The van der Waals surface area contributed by atoms with Crippen LogP contribution in [0.3, 0.4) is 0 Å². The summed E-state index contributed by atoms with van der Waals surface area (Å²) < 4.78 is 0. The highest BCUT2D eigenvalue weighted by molar-refractivity contribution is 5.74. The molecule has 0 aromatic rings. The van der Waals surface area contributed by atoms with Crippen molar-refractivity contribution in [3.8, 4) is 0 Å². The highest BCUT2D eigenvalue weighted by Gasteiger charge is 2.10. The molecule has 0 heterocycles. The van der Waals surface area contributed by atoms with Gasteiger partial charge in [-0.3, -0.25) is 10.0 Å². The average Bonchev–Trinajstić information content (AvgIpc) is 2.00. The van der Waals surface area contributed by atoms with Crippen LogP contribution in [0, 0.1) is 5.92 Å². The van der Waals surface area contributed by atoms with E-state index in [1.54, 1.807) is 0 Å². The number of nitrogens with one attached hydrogen (secondary N) is 1. The van der Waals surface area contributed by atoms with Gasteiger partial charge in [0.05, 0.1) is 12.5 Å². The summed E-state index contributed by atoms with van der Waals surface area (Å²) in [6.07, 6.45) is 0.827. The average molecular weight is 175 g/mol. The van der Waals surface area contributed by atoms with Crippen LogP contribution in [0.1, 0.15) is 33.1 Å². The van der Waals surface area contributed by atoms with Crippen LogP contribution < -0.4 is 5.48 Å². The molecule has 3 N–H and O–H groups in total. The first kappa shape index (κ1) is 11.4. The molecule has 1 amide bonds. The van der Waals surface area contributed by atoms with Gasteiger partial charge < -0.3 is 5.11 Å². The summed E-state index contributed by atoms with van der Waals surface area (Å²) in [7, 11) is 0. The summed E-state index contributed by atoms with van der Waals surface area (Å²) in [5.74, 6) is -0.0110. The Morgan fingerprint density at radius 3 is 2.42 bits per heavy atom. The summed E-state index contributed by atoms with van der Waals surface area (Å²) in [6.45, 7) is 4.11. The standard InChI is InChI=1S/C8H17NO3/c1-6(2)3-4-7(10)5-8(11)9-12/h6-7,10,12H,3-5H2,1-2H3,(H,9,11). The van der Waals surface area contributed by atoms with E-state index >= 15 is 0 Å². The summed E-state index contributed by atoms with van der Waals surface area (Å²) >= 11 is 0. The second-order valence-corrected chi connectivity index (χ2v) is 3.36. The second kappa shape index (κ2) is 5.97. The highest BCUT2D eigenvalue weighted by atomic mass is 16.5. The van der Waals surface area contributed by atoms with Gasteiger partial charge in [-0.1, -0.05) is 13.8 Å². The molecule has 0 fully saturated rings. The largest absolute Gasteiger partial charge is 0.393 e. The number of hydroxylamine groups is 1. The fourth-order valence-electron chi connectivity index (χ4n) is 0.887. The summed E-state index contributed by atoms with van der Waals surface area (Å²) in [5.41, 5.74) is 1.48. The topological polar surface area (TPSA) is 69.6 Å². The molecule has 4 nitrogen and oxygen atoms in total. The maximum Gasteiger partial charge on any atom is 0.245 e. The maximum absolute atomic E-state index is 10.5. The zero-order valence-corrected chi connectivity index (χ0v) is 7.58. The molecule has 0 saturated heterocycles. The number of rotatable bonds is 5. The van der Waals surface area contributed by atoms with Crippen molar-refractivity contribution in [1.29, 1.82) is 0 Å². The number of hydrogen-bond acceptors (Lipinski definition) is 3. The Balaban J connectivity index is 3.45. The minimum atomic E-state index is -0.639. The normalized spacial score (nSPS) is 13.1. The van der Waals surface area contributed by atoms with Gasteiger partial charge in [-0.2, -0.15) is 0 Å². The Kier molecular flexibility index (Phi) is 5.66. The lowest BCUT2D eigenvalue weighted by Crippen LogP contribution is -2.24. The van der Waals surface area contributed by atoms with Crippen LogP contribution in [0.2, 0.25) is 0 Å². The first-order valence-electron chi connectivity index (χ1n) is 4.17. The molecule has 0 aliphatic rings. The van der Waals surface area contributed by atoms with E-state index < -0.39 is 12.0 Å². The molecule has 0 aromatic carbocycles. The fraction of sp³-hybridized carbons (Fsp3) is 0.875. The SMILES string of the molecule is CC(C)CCC(O)CC(=O)NO. The van der Waals surface area contributed by atoms with E-state index in [1.807, 2.05) is 0 Å². The van der Waals surface area contributed by atoms with Gasteiger partial charge >= 0.3 is 0 Å². The van der Waals surface area contributed by atoms with Crippen LogP contribution in [-0.4, -0.2) is 22.3 Å². The van der Waals surface area contributed by atoms with E-state index in [0.717, 1.165) is 6.42 Å². The van der Waals surface area contributed by atoms with Crippen molar-refractivity contribution in [2.24, 2.45) is 5.92 Å². The molecule has 1 unspecified atom stereocenters. The van der Waals surface area contributed by atoms with Gasteiger partial charge in [0.2, 0.25) is 5.91 Å². The van der Waals surface area contributed by atoms with Crippen LogP contribution in [-0.2, 0) is 4.79 Å².